The first-order chi connectivity index (χ1) is 3.25. The Morgan fingerprint density at radius 3 is 1.38 bits per heavy atom. The smallest absolute Gasteiger partial charge is 0.173 e. The summed E-state index contributed by atoms with van der Waals surface area (Å²) < 4.78 is 34.1. The lowest BCUT2D eigenvalue weighted by Gasteiger charge is -2.13. The van der Waals surface area contributed by atoms with Gasteiger partial charge in [0.1, 0.15) is 0 Å². The molecule has 0 bridgehead atoms. The molecule has 0 radical (unpaired) electrons. The first-order valence-corrected chi connectivity index (χ1v) is 6.22. The third-order valence-corrected chi connectivity index (χ3v) is 2.78. The van der Waals surface area contributed by atoms with Gasteiger partial charge in [-0.15, -0.1) is 22.2 Å². The molecule has 0 saturated carbocycles. The van der Waals surface area contributed by atoms with Crippen LogP contribution in [-0.4, -0.2) is 12.5 Å². The van der Waals surface area contributed by atoms with E-state index < -0.39 is 12.5 Å². The largest absolute Gasteiger partial charge is 0.392 e. The van der Waals surface area contributed by atoms with E-state index in [1.54, 1.807) is 0 Å². The second-order valence-corrected chi connectivity index (χ2v) is 8.85. The summed E-state index contributed by atoms with van der Waals surface area (Å²) in [5.74, 6) is -4.39. The molecule has 0 N–H and O–H groups in total. The van der Waals surface area contributed by atoms with Gasteiger partial charge in [-0.1, -0.05) is 0 Å². The lowest BCUT2D eigenvalue weighted by atomic mass is 11.5. The normalized spacial score (nSPS) is 14.2. The van der Waals surface area contributed by atoms with Crippen molar-refractivity contribution in [2.75, 3.05) is 0 Å². The van der Waals surface area contributed by atoms with Crippen LogP contribution in [0, 0.1) is 0 Å². The molecule has 0 aromatic heterocycles. The minimum Gasteiger partial charge on any atom is -0.173 e. The van der Waals surface area contributed by atoms with Gasteiger partial charge >= 0.3 is 12.5 Å². The van der Waals surface area contributed by atoms with Gasteiger partial charge < -0.3 is 0 Å². The summed E-state index contributed by atoms with van der Waals surface area (Å²) in [6, 6.07) is 0. The molecule has 0 atom stereocenters. The predicted octanol–water partition coefficient (Wildman–Crippen LogP) is 2.64. The van der Waals surface area contributed by atoms with E-state index in [9.17, 15) is 13.2 Å². The van der Waals surface area contributed by atoms with Crippen LogP contribution in [-0.2, 0) is 0 Å². The Morgan fingerprint density at radius 1 is 1.25 bits per heavy atom. The topological polar surface area (TPSA) is 0 Å². The fourth-order valence-electron chi connectivity index (χ4n) is 0. The molecule has 0 amide bonds. The fraction of sp³-hybridized carbons (Fsp3) is 1.00. The van der Waals surface area contributed by atoms with Crippen molar-refractivity contribution in [1.82, 2.24) is 0 Å². The average molecular weight is 183 g/mol. The van der Waals surface area contributed by atoms with Crippen molar-refractivity contribution >= 4 is 28.9 Å². The van der Waals surface area contributed by atoms with Gasteiger partial charge in [-0.3, -0.25) is 0 Å². The van der Waals surface area contributed by atoms with Gasteiger partial charge in [0.2, 0.25) is 0 Å². The number of hydrogen-bond donors (Lipinski definition) is 0. The number of halogens is 5. The van der Waals surface area contributed by atoms with Crippen LogP contribution in [0.2, 0.25) is 6.55 Å². The van der Waals surface area contributed by atoms with Gasteiger partial charge in [-0.25, -0.2) is 0 Å². The molecular weight excluding hydrogens is 180 g/mol. The summed E-state index contributed by atoms with van der Waals surface area (Å²) in [6.07, 6.45) is 0. The second kappa shape index (κ2) is 2.08. The molecule has 0 rings (SSSR count). The van der Waals surface area contributed by atoms with E-state index in [0.29, 0.717) is 0 Å². The van der Waals surface area contributed by atoms with Crippen LogP contribution in [0.4, 0.5) is 13.2 Å². The summed E-state index contributed by atoms with van der Waals surface area (Å²) in [5, 5.41) is 0. The molecule has 0 aliphatic carbocycles. The van der Waals surface area contributed by atoms with Gasteiger partial charge in [-0.2, -0.15) is 13.2 Å². The zero-order valence-corrected chi connectivity index (χ0v) is 6.40. The van der Waals surface area contributed by atoms with Crippen molar-refractivity contribution in [3.63, 3.8) is 0 Å². The molecule has 50 valence electrons. The molecule has 0 unspecified atom stereocenters. The van der Waals surface area contributed by atoms with Crippen LogP contribution < -0.4 is 0 Å². The molecule has 0 fully saturated rings. The minimum absolute atomic E-state index is 0.816. The van der Waals surface area contributed by atoms with Gasteiger partial charge in [-0.05, 0) is 6.55 Å². The summed E-state index contributed by atoms with van der Waals surface area (Å²) in [6.45, 7) is -3.10. The number of hydrogen-bond acceptors (Lipinski definition) is 0. The molecule has 0 aromatic carbocycles. The Morgan fingerprint density at radius 2 is 1.38 bits per heavy atom. The van der Waals surface area contributed by atoms with E-state index in [1.807, 2.05) is 0 Å². The molecule has 0 aromatic rings. The summed E-state index contributed by atoms with van der Waals surface area (Å²) in [4.78, 5) is 0. The molecule has 0 aliphatic rings. The molecule has 0 spiro atoms. The predicted molar refractivity (Wildman–Crippen MR) is 29.4 cm³/mol. The lowest BCUT2D eigenvalue weighted by molar-refractivity contribution is -0.0502. The molecule has 6 heteroatoms. The van der Waals surface area contributed by atoms with E-state index in [1.165, 1.54) is 0 Å². The van der Waals surface area contributed by atoms with Crippen molar-refractivity contribution in [2.45, 2.75) is 12.3 Å². The highest BCUT2D eigenvalue weighted by molar-refractivity contribution is 7.45. The van der Waals surface area contributed by atoms with Crippen molar-refractivity contribution in [3.8, 4) is 0 Å². The highest BCUT2D eigenvalue weighted by atomic mass is 35.7. The maximum absolute atomic E-state index is 11.4. The van der Waals surface area contributed by atoms with Crippen LogP contribution in [0.25, 0.3) is 0 Å². The zero-order chi connectivity index (χ0) is 7.00. The second-order valence-electron chi connectivity index (χ2n) is 1.39. The lowest BCUT2D eigenvalue weighted by Crippen LogP contribution is -2.36. The van der Waals surface area contributed by atoms with E-state index in [2.05, 4.69) is 0 Å². The van der Waals surface area contributed by atoms with E-state index in [-0.39, 0.29) is 0 Å². The molecule has 0 aliphatic heterocycles. The first kappa shape index (κ1) is 8.59. The van der Waals surface area contributed by atoms with Crippen LogP contribution >= 0.6 is 22.2 Å². The Labute approximate surface area is 55.0 Å². The quantitative estimate of drug-likeness (QED) is 0.400. The Kier molecular flexibility index (Phi) is 2.23. The third kappa shape index (κ3) is 2.24. The Hall–Kier alpha value is 0.587. The highest BCUT2D eigenvalue weighted by Crippen LogP contribution is 2.34. The highest BCUT2D eigenvalue weighted by Gasteiger charge is 2.51. The van der Waals surface area contributed by atoms with Crippen LogP contribution in [0.1, 0.15) is 0 Å². The zero-order valence-electron chi connectivity index (χ0n) is 3.89. The van der Waals surface area contributed by atoms with Gasteiger partial charge in [0.05, 0.1) is 0 Å². The van der Waals surface area contributed by atoms with Crippen LogP contribution in [0.15, 0.2) is 0 Å². The van der Waals surface area contributed by atoms with Crippen LogP contribution in [0.5, 0.6) is 0 Å². The van der Waals surface area contributed by atoms with E-state index in [0.717, 1.165) is 6.55 Å². The molecular formula is C2H3Cl2F3Si. The van der Waals surface area contributed by atoms with Crippen molar-refractivity contribution in [1.29, 1.82) is 0 Å². The Balaban J connectivity index is 4.02. The standard InChI is InChI=1S/C2H3Cl2F3Si/c1-8(3,4)2(5,6)7/h1H3. The Bertz CT molecular complexity index is 70.3. The maximum atomic E-state index is 11.4. The van der Waals surface area contributed by atoms with Gasteiger partial charge in [0, 0.05) is 0 Å². The van der Waals surface area contributed by atoms with Crippen molar-refractivity contribution in [3.05, 3.63) is 0 Å². The molecule has 0 heterocycles. The SMILES string of the molecule is C[Si](Cl)(Cl)C(F)(F)F. The maximum Gasteiger partial charge on any atom is 0.392 e. The molecule has 0 saturated heterocycles. The monoisotopic (exact) mass is 182 g/mol. The van der Waals surface area contributed by atoms with Gasteiger partial charge in [0.15, 0.2) is 0 Å². The fourth-order valence-corrected chi connectivity index (χ4v) is 0. The minimum atomic E-state index is -4.39. The number of rotatable bonds is 0. The van der Waals surface area contributed by atoms with Crippen molar-refractivity contribution in [2.24, 2.45) is 0 Å². The summed E-state index contributed by atoms with van der Waals surface area (Å²) in [5.41, 5.74) is 0. The van der Waals surface area contributed by atoms with Crippen LogP contribution in [0.3, 0.4) is 0 Å². The molecule has 0 nitrogen and oxygen atoms in total. The van der Waals surface area contributed by atoms with E-state index in [4.69, 9.17) is 22.2 Å². The van der Waals surface area contributed by atoms with Crippen molar-refractivity contribution < 1.29 is 13.2 Å². The molecule has 8 heavy (non-hydrogen) atoms. The van der Waals surface area contributed by atoms with Gasteiger partial charge in [0.25, 0.3) is 0 Å². The number of alkyl halides is 3. The average Bonchev–Trinajstić information content (AvgIpc) is 1.25. The van der Waals surface area contributed by atoms with E-state index >= 15 is 0 Å². The summed E-state index contributed by atoms with van der Waals surface area (Å²) in [7, 11) is 0. The summed E-state index contributed by atoms with van der Waals surface area (Å²) >= 11 is 9.58. The third-order valence-electron chi connectivity index (χ3n) is 0.498. The first-order valence-electron chi connectivity index (χ1n) is 1.69.